The van der Waals surface area contributed by atoms with Crippen LogP contribution in [0.25, 0.3) is 5.69 Å². The van der Waals surface area contributed by atoms with Crippen LogP contribution in [-0.2, 0) is 13.0 Å². The van der Waals surface area contributed by atoms with Crippen LogP contribution in [0.15, 0.2) is 58.5 Å². The van der Waals surface area contributed by atoms with Crippen LogP contribution in [0.5, 0.6) is 5.75 Å². The minimum Gasteiger partial charge on any atom is -0.497 e. The summed E-state index contributed by atoms with van der Waals surface area (Å²) in [6, 6.07) is 7.45. The first-order valence-electron chi connectivity index (χ1n) is 8.14. The second-order valence-electron chi connectivity index (χ2n) is 5.92. The maximum absolute atomic E-state index is 12.8. The van der Waals surface area contributed by atoms with Crippen LogP contribution in [-0.4, -0.2) is 41.6 Å². The molecule has 25 heavy (non-hydrogen) atoms. The number of fused-ring (bicyclic) bond motifs is 1. The summed E-state index contributed by atoms with van der Waals surface area (Å²) >= 11 is 0. The molecule has 6 nitrogen and oxygen atoms in total. The summed E-state index contributed by atoms with van der Waals surface area (Å²) < 4.78 is 6.83. The van der Waals surface area contributed by atoms with E-state index in [1.165, 1.54) is 0 Å². The molecule has 1 aromatic carbocycles. The number of aromatic nitrogens is 2. The summed E-state index contributed by atoms with van der Waals surface area (Å²) in [6.07, 6.45) is 4.33. The van der Waals surface area contributed by atoms with E-state index < -0.39 is 0 Å². The average molecular weight is 338 g/mol. The first kappa shape index (κ1) is 17.0. The number of nitrogens with zero attached hydrogens (tertiary/aromatic N) is 3. The van der Waals surface area contributed by atoms with E-state index in [2.05, 4.69) is 28.3 Å². The molecular formula is C19H22N4O2. The van der Waals surface area contributed by atoms with Crippen LogP contribution in [0.4, 0.5) is 0 Å². The molecule has 0 unspecified atom stereocenters. The van der Waals surface area contributed by atoms with Gasteiger partial charge in [-0.05, 0) is 24.9 Å². The molecule has 130 valence electrons. The van der Waals surface area contributed by atoms with E-state index in [0.717, 1.165) is 41.4 Å². The molecule has 1 aromatic heterocycles. The third kappa shape index (κ3) is 3.49. The standard InChI is InChI=1S/C19H22N4O2/c1-4-6-14(20-2)12-22-10-9-18-17(13-22)19(24)23(21-18)15-7-5-8-16(11-15)25-3/h4-8,11,21H,1-2,9-10,12-13H2,3H3/b14-6-. The number of allylic oxidation sites excluding steroid dienone is 2. The molecule has 1 aliphatic rings. The van der Waals surface area contributed by atoms with Gasteiger partial charge in [0.15, 0.2) is 0 Å². The zero-order valence-corrected chi connectivity index (χ0v) is 14.4. The fourth-order valence-corrected chi connectivity index (χ4v) is 3.05. The molecule has 0 aliphatic carbocycles. The maximum atomic E-state index is 12.8. The number of hydrogen-bond donors (Lipinski definition) is 1. The fourth-order valence-electron chi connectivity index (χ4n) is 3.05. The van der Waals surface area contributed by atoms with E-state index in [0.29, 0.717) is 13.1 Å². The van der Waals surface area contributed by atoms with Crippen molar-refractivity contribution in [3.8, 4) is 11.4 Å². The van der Waals surface area contributed by atoms with Crippen molar-refractivity contribution in [2.45, 2.75) is 13.0 Å². The molecule has 6 heteroatoms. The van der Waals surface area contributed by atoms with Crippen LogP contribution in [0.2, 0.25) is 0 Å². The fraction of sp³-hybridized carbons (Fsp3) is 0.263. The summed E-state index contributed by atoms with van der Waals surface area (Å²) in [6.45, 7) is 9.38. The molecule has 0 amide bonds. The quantitative estimate of drug-likeness (QED) is 0.649. The highest BCUT2D eigenvalue weighted by atomic mass is 16.5. The number of benzene rings is 1. The predicted octanol–water partition coefficient (Wildman–Crippen LogP) is 2.30. The van der Waals surface area contributed by atoms with Crippen molar-refractivity contribution in [2.75, 3.05) is 20.2 Å². The lowest BCUT2D eigenvalue weighted by Gasteiger charge is -2.25. The predicted molar refractivity (Wildman–Crippen MR) is 99.8 cm³/mol. The zero-order chi connectivity index (χ0) is 17.8. The van der Waals surface area contributed by atoms with E-state index in [9.17, 15) is 4.79 Å². The zero-order valence-electron chi connectivity index (χ0n) is 14.4. The van der Waals surface area contributed by atoms with Crippen LogP contribution in [0, 0.1) is 0 Å². The third-order valence-electron chi connectivity index (χ3n) is 4.34. The Kier molecular flexibility index (Phi) is 5.00. The van der Waals surface area contributed by atoms with Gasteiger partial charge in [-0.1, -0.05) is 18.7 Å². The van der Waals surface area contributed by atoms with Crippen molar-refractivity contribution in [3.05, 3.63) is 70.3 Å². The molecule has 2 aromatic rings. The molecular weight excluding hydrogens is 316 g/mol. The van der Waals surface area contributed by atoms with Gasteiger partial charge in [-0.2, -0.15) is 0 Å². The van der Waals surface area contributed by atoms with Gasteiger partial charge in [0, 0.05) is 37.8 Å². The van der Waals surface area contributed by atoms with Gasteiger partial charge >= 0.3 is 0 Å². The first-order valence-corrected chi connectivity index (χ1v) is 8.14. The van der Waals surface area contributed by atoms with Crippen molar-refractivity contribution in [1.29, 1.82) is 0 Å². The Balaban J connectivity index is 1.87. The van der Waals surface area contributed by atoms with Crippen molar-refractivity contribution in [2.24, 2.45) is 4.99 Å². The minimum absolute atomic E-state index is 0.0197. The summed E-state index contributed by atoms with van der Waals surface area (Å²) in [7, 11) is 1.61. The molecule has 1 aliphatic heterocycles. The van der Waals surface area contributed by atoms with Gasteiger partial charge in [0.2, 0.25) is 0 Å². The highest BCUT2D eigenvalue weighted by Gasteiger charge is 2.23. The minimum atomic E-state index is -0.0197. The molecule has 0 saturated carbocycles. The van der Waals surface area contributed by atoms with E-state index in [1.54, 1.807) is 17.9 Å². The third-order valence-corrected chi connectivity index (χ3v) is 4.34. The molecule has 0 atom stereocenters. The molecule has 0 radical (unpaired) electrons. The second kappa shape index (κ2) is 7.36. The molecule has 0 spiro atoms. The molecule has 0 bridgehead atoms. The van der Waals surface area contributed by atoms with Gasteiger partial charge < -0.3 is 4.74 Å². The summed E-state index contributed by atoms with van der Waals surface area (Å²) in [4.78, 5) is 19.0. The summed E-state index contributed by atoms with van der Waals surface area (Å²) in [5.41, 5.74) is 3.39. The number of methoxy groups -OCH3 is 1. The smallest absolute Gasteiger partial charge is 0.275 e. The summed E-state index contributed by atoms with van der Waals surface area (Å²) in [5, 5.41) is 3.24. The number of H-pyrrole nitrogens is 1. The lowest BCUT2D eigenvalue weighted by molar-refractivity contribution is 0.273. The van der Waals surface area contributed by atoms with Crippen LogP contribution < -0.4 is 10.3 Å². The average Bonchev–Trinajstić information content (AvgIpc) is 2.98. The van der Waals surface area contributed by atoms with Crippen LogP contribution in [0.1, 0.15) is 11.3 Å². The highest BCUT2D eigenvalue weighted by Crippen LogP contribution is 2.19. The van der Waals surface area contributed by atoms with Crippen molar-refractivity contribution < 1.29 is 4.74 Å². The van der Waals surface area contributed by atoms with E-state index in [4.69, 9.17) is 4.74 Å². The Labute approximate surface area is 146 Å². The summed E-state index contributed by atoms with van der Waals surface area (Å²) in [5.74, 6) is 0.717. The number of aliphatic imine (C=N–C) groups is 1. The SMILES string of the molecule is C=C/C=C(/CN1CCc2[nH]n(-c3cccc(OC)c3)c(=O)c2C1)N=C. The Morgan fingerprint density at radius 1 is 1.48 bits per heavy atom. The highest BCUT2D eigenvalue weighted by molar-refractivity contribution is 5.40. The number of nitrogens with one attached hydrogen (secondary N) is 1. The number of hydrogen-bond acceptors (Lipinski definition) is 4. The second-order valence-corrected chi connectivity index (χ2v) is 5.92. The Morgan fingerprint density at radius 3 is 3.04 bits per heavy atom. The van der Waals surface area contributed by atoms with Crippen molar-refractivity contribution in [3.63, 3.8) is 0 Å². The lowest BCUT2D eigenvalue weighted by Crippen LogP contribution is -2.34. The van der Waals surface area contributed by atoms with E-state index in [-0.39, 0.29) is 5.56 Å². The van der Waals surface area contributed by atoms with Crippen LogP contribution in [0.3, 0.4) is 0 Å². The molecule has 0 saturated heterocycles. The topological polar surface area (TPSA) is 62.6 Å². The van der Waals surface area contributed by atoms with Gasteiger partial charge in [-0.15, -0.1) is 0 Å². The normalized spacial score (nSPS) is 14.8. The van der Waals surface area contributed by atoms with E-state index in [1.807, 2.05) is 30.3 Å². The number of aromatic amines is 1. The van der Waals surface area contributed by atoms with Crippen molar-refractivity contribution in [1.82, 2.24) is 14.7 Å². The monoisotopic (exact) mass is 338 g/mol. The van der Waals surface area contributed by atoms with Gasteiger partial charge in [0.05, 0.1) is 24.1 Å². The Morgan fingerprint density at radius 2 is 2.32 bits per heavy atom. The van der Waals surface area contributed by atoms with Crippen LogP contribution >= 0.6 is 0 Å². The Bertz CT molecular complexity index is 876. The molecule has 2 heterocycles. The Hall–Kier alpha value is -2.86. The first-order chi connectivity index (χ1) is 12.2. The largest absolute Gasteiger partial charge is 0.497 e. The van der Waals surface area contributed by atoms with Gasteiger partial charge in [0.1, 0.15) is 5.75 Å². The van der Waals surface area contributed by atoms with Gasteiger partial charge in [0.25, 0.3) is 5.56 Å². The molecule has 3 rings (SSSR count). The maximum Gasteiger partial charge on any atom is 0.275 e. The van der Waals surface area contributed by atoms with Crippen molar-refractivity contribution >= 4 is 6.72 Å². The lowest BCUT2D eigenvalue weighted by atomic mass is 10.1. The van der Waals surface area contributed by atoms with Gasteiger partial charge in [-0.3, -0.25) is 19.8 Å². The molecule has 1 N–H and O–H groups in total. The number of rotatable bonds is 6. The molecule has 0 fully saturated rings. The van der Waals surface area contributed by atoms with Gasteiger partial charge in [-0.25, -0.2) is 4.68 Å². The van der Waals surface area contributed by atoms with E-state index >= 15 is 0 Å². The number of ether oxygens (including phenoxy) is 1.